The molecule has 0 amide bonds. The van der Waals surface area contributed by atoms with E-state index >= 15 is 0 Å². The lowest BCUT2D eigenvalue weighted by Gasteiger charge is -2.23. The van der Waals surface area contributed by atoms with Crippen molar-refractivity contribution in [2.45, 2.75) is 106 Å². The van der Waals surface area contributed by atoms with E-state index in [0.717, 1.165) is 0 Å². The van der Waals surface area contributed by atoms with Gasteiger partial charge in [-0.05, 0) is 75.5 Å². The molecule has 43 heavy (non-hydrogen) atoms. The standard InChI is InChI=1S/C31H49NO11/c1-18(2)12-14-37-29(34)42-26-11-10-24(17-27(26)43-30(35)38-15-13-19(3)4)16-25(32)28(33)39-22(8)23(9)41-31(36)40-21(7)20(5)6/h10-11,17-23,25H,12-16,32H2,1-9H3/t21?,22-,23-,25-/m0/s1. The summed E-state index contributed by atoms with van der Waals surface area (Å²) in [6.45, 7) is 17.0. The third-order valence-electron chi connectivity index (χ3n) is 6.45. The largest absolute Gasteiger partial charge is 0.513 e. The molecule has 0 aromatic heterocycles. The van der Waals surface area contributed by atoms with Crippen LogP contribution in [0.25, 0.3) is 0 Å². The highest BCUT2D eigenvalue weighted by molar-refractivity contribution is 5.76. The minimum atomic E-state index is -1.11. The van der Waals surface area contributed by atoms with Gasteiger partial charge in [0.2, 0.25) is 0 Å². The van der Waals surface area contributed by atoms with Gasteiger partial charge in [-0.3, -0.25) is 4.79 Å². The van der Waals surface area contributed by atoms with E-state index in [1.807, 2.05) is 41.5 Å². The lowest BCUT2D eigenvalue weighted by Crippen LogP contribution is -2.39. The predicted octanol–water partition coefficient (Wildman–Crippen LogP) is 6.20. The van der Waals surface area contributed by atoms with Crippen LogP contribution in [0.4, 0.5) is 14.4 Å². The minimum absolute atomic E-state index is 0.00733. The van der Waals surface area contributed by atoms with Gasteiger partial charge >= 0.3 is 24.4 Å². The highest BCUT2D eigenvalue weighted by Gasteiger charge is 2.26. The Morgan fingerprint density at radius 2 is 1.14 bits per heavy atom. The van der Waals surface area contributed by atoms with E-state index in [2.05, 4.69) is 0 Å². The zero-order valence-corrected chi connectivity index (χ0v) is 26.9. The van der Waals surface area contributed by atoms with Gasteiger partial charge in [0.15, 0.2) is 11.5 Å². The SMILES string of the molecule is CC(C)CCOC(=O)Oc1ccc(C[C@H](N)C(=O)O[C@@H](C)[C@H](C)OC(=O)OC(C)C(C)C)cc1OC(=O)OCCC(C)C. The highest BCUT2D eigenvalue weighted by Crippen LogP contribution is 2.30. The molecule has 2 N–H and O–H groups in total. The molecule has 1 aromatic rings. The molecule has 244 valence electrons. The summed E-state index contributed by atoms with van der Waals surface area (Å²) >= 11 is 0. The number of rotatable bonds is 16. The summed E-state index contributed by atoms with van der Waals surface area (Å²) in [4.78, 5) is 49.2. The van der Waals surface area contributed by atoms with E-state index < -0.39 is 42.7 Å². The van der Waals surface area contributed by atoms with Crippen molar-refractivity contribution in [2.24, 2.45) is 23.5 Å². The Kier molecular flexibility index (Phi) is 16.5. The molecule has 0 saturated carbocycles. The molecule has 12 heteroatoms. The van der Waals surface area contributed by atoms with Crippen LogP contribution in [0.1, 0.15) is 80.7 Å². The van der Waals surface area contributed by atoms with Gasteiger partial charge in [-0.15, -0.1) is 0 Å². The average molecular weight is 612 g/mol. The molecule has 12 nitrogen and oxygen atoms in total. The molecule has 0 aliphatic rings. The van der Waals surface area contributed by atoms with Crippen LogP contribution in [-0.2, 0) is 34.9 Å². The maximum Gasteiger partial charge on any atom is 0.513 e. The van der Waals surface area contributed by atoms with Crippen molar-refractivity contribution in [3.05, 3.63) is 23.8 Å². The van der Waals surface area contributed by atoms with Crippen LogP contribution in [-0.4, -0.2) is 62.0 Å². The Morgan fingerprint density at radius 1 is 0.651 bits per heavy atom. The first-order valence-electron chi connectivity index (χ1n) is 14.7. The summed E-state index contributed by atoms with van der Waals surface area (Å²) < 4.78 is 36.6. The Bertz CT molecular complexity index is 1040. The van der Waals surface area contributed by atoms with Crippen molar-refractivity contribution in [1.82, 2.24) is 0 Å². The van der Waals surface area contributed by atoms with Gasteiger partial charge in [0.1, 0.15) is 24.4 Å². The van der Waals surface area contributed by atoms with E-state index in [1.54, 1.807) is 26.8 Å². The van der Waals surface area contributed by atoms with Crippen molar-refractivity contribution >= 4 is 24.4 Å². The Labute approximate surface area is 254 Å². The first-order chi connectivity index (χ1) is 20.1. The second-order valence-electron chi connectivity index (χ2n) is 11.6. The number of nitrogens with two attached hydrogens (primary N) is 1. The van der Waals surface area contributed by atoms with Gasteiger partial charge in [0.25, 0.3) is 0 Å². The van der Waals surface area contributed by atoms with E-state index in [0.29, 0.717) is 30.2 Å². The van der Waals surface area contributed by atoms with E-state index in [1.165, 1.54) is 12.1 Å². The Balaban J connectivity index is 2.89. The number of benzene rings is 1. The Morgan fingerprint density at radius 3 is 1.65 bits per heavy atom. The van der Waals surface area contributed by atoms with Gasteiger partial charge in [0.05, 0.1) is 13.2 Å². The monoisotopic (exact) mass is 611 g/mol. The molecule has 0 radical (unpaired) electrons. The maximum atomic E-state index is 12.7. The predicted molar refractivity (Wildman–Crippen MR) is 158 cm³/mol. The van der Waals surface area contributed by atoms with Gasteiger partial charge in [-0.1, -0.05) is 47.6 Å². The number of carbonyl (C=O) groups is 4. The molecule has 0 heterocycles. The topological polar surface area (TPSA) is 159 Å². The first-order valence-corrected chi connectivity index (χ1v) is 14.7. The normalized spacial score (nSPS) is 14.0. The molecule has 0 aliphatic carbocycles. The molecule has 1 aromatic carbocycles. The summed E-state index contributed by atoms with van der Waals surface area (Å²) in [5.74, 6) is -0.169. The first kappa shape index (κ1) is 37.5. The van der Waals surface area contributed by atoms with E-state index in [4.69, 9.17) is 38.9 Å². The fourth-order valence-electron chi connectivity index (χ4n) is 3.10. The van der Waals surface area contributed by atoms with Gasteiger partial charge in [-0.2, -0.15) is 0 Å². The average Bonchev–Trinajstić information content (AvgIpc) is 2.89. The van der Waals surface area contributed by atoms with Crippen molar-refractivity contribution in [1.29, 1.82) is 0 Å². The van der Waals surface area contributed by atoms with E-state index in [9.17, 15) is 19.2 Å². The Hall–Kier alpha value is -3.54. The summed E-state index contributed by atoms with van der Waals surface area (Å²) in [6.07, 6.45) is -3.46. The molecule has 1 unspecified atom stereocenters. The second-order valence-corrected chi connectivity index (χ2v) is 11.6. The lowest BCUT2D eigenvalue weighted by molar-refractivity contribution is -0.155. The molecule has 0 bridgehead atoms. The highest BCUT2D eigenvalue weighted by atomic mass is 16.8. The minimum Gasteiger partial charge on any atom is -0.458 e. The fourth-order valence-corrected chi connectivity index (χ4v) is 3.10. The lowest BCUT2D eigenvalue weighted by atomic mass is 10.1. The number of carbonyl (C=O) groups excluding carboxylic acids is 4. The molecule has 0 spiro atoms. The fraction of sp³-hybridized carbons (Fsp3) is 0.677. The zero-order valence-electron chi connectivity index (χ0n) is 26.9. The number of ether oxygens (including phenoxy) is 7. The summed E-state index contributed by atoms with van der Waals surface area (Å²) in [7, 11) is 0. The summed E-state index contributed by atoms with van der Waals surface area (Å²) in [5.41, 5.74) is 6.58. The summed E-state index contributed by atoms with van der Waals surface area (Å²) in [5, 5.41) is 0. The van der Waals surface area contributed by atoms with Crippen LogP contribution in [0, 0.1) is 17.8 Å². The van der Waals surface area contributed by atoms with Crippen LogP contribution in [0.15, 0.2) is 18.2 Å². The number of hydrogen-bond acceptors (Lipinski definition) is 12. The molecule has 0 aliphatic heterocycles. The van der Waals surface area contributed by atoms with Crippen molar-refractivity contribution in [3.63, 3.8) is 0 Å². The molecule has 0 saturated heterocycles. The van der Waals surface area contributed by atoms with Crippen LogP contribution >= 0.6 is 0 Å². The van der Waals surface area contributed by atoms with Gasteiger partial charge < -0.3 is 38.9 Å². The molecule has 0 fully saturated rings. The quantitative estimate of drug-likeness (QED) is 0.128. The van der Waals surface area contributed by atoms with Crippen molar-refractivity contribution in [2.75, 3.05) is 13.2 Å². The van der Waals surface area contributed by atoms with E-state index in [-0.39, 0.29) is 43.2 Å². The third-order valence-corrected chi connectivity index (χ3v) is 6.45. The second kappa shape index (κ2) is 18.9. The smallest absolute Gasteiger partial charge is 0.458 e. The third kappa shape index (κ3) is 15.5. The van der Waals surface area contributed by atoms with Crippen molar-refractivity contribution in [3.8, 4) is 11.5 Å². The molecule has 1 rings (SSSR count). The van der Waals surface area contributed by atoms with Crippen LogP contribution in [0.3, 0.4) is 0 Å². The maximum absolute atomic E-state index is 12.7. The van der Waals surface area contributed by atoms with Gasteiger partial charge in [-0.25, -0.2) is 14.4 Å². The molecular formula is C31H49NO11. The number of hydrogen-bond donors (Lipinski definition) is 1. The van der Waals surface area contributed by atoms with Crippen LogP contribution in [0.2, 0.25) is 0 Å². The van der Waals surface area contributed by atoms with Gasteiger partial charge in [0, 0.05) is 0 Å². The van der Waals surface area contributed by atoms with Crippen molar-refractivity contribution < 1.29 is 52.3 Å². The van der Waals surface area contributed by atoms with Crippen LogP contribution < -0.4 is 15.2 Å². The molecule has 4 atom stereocenters. The van der Waals surface area contributed by atoms with Crippen LogP contribution in [0.5, 0.6) is 11.5 Å². The summed E-state index contributed by atoms with van der Waals surface area (Å²) in [6, 6.07) is 3.26. The molecular weight excluding hydrogens is 562 g/mol. The number of esters is 1. The zero-order chi connectivity index (χ0) is 32.7.